The zero-order valence-electron chi connectivity index (χ0n) is 14.3. The number of rotatable bonds is 6. The van der Waals surface area contributed by atoms with Crippen LogP contribution in [0.4, 0.5) is 16.2 Å². The highest BCUT2D eigenvalue weighted by atomic mass is 16.6. The second-order valence-corrected chi connectivity index (χ2v) is 6.21. The molecule has 0 saturated carbocycles. The second kappa shape index (κ2) is 8.33. The number of nitro benzene ring substituents is 1. The van der Waals surface area contributed by atoms with Crippen molar-refractivity contribution in [1.82, 2.24) is 5.32 Å². The van der Waals surface area contributed by atoms with Gasteiger partial charge in [0.15, 0.2) is 0 Å². The number of amides is 1. The van der Waals surface area contributed by atoms with Crippen LogP contribution in [0.2, 0.25) is 0 Å². The number of nitro groups is 1. The van der Waals surface area contributed by atoms with Crippen LogP contribution in [0, 0.1) is 10.1 Å². The first-order chi connectivity index (χ1) is 12.6. The summed E-state index contributed by atoms with van der Waals surface area (Å²) in [5.41, 5.74) is 1.88. The minimum Gasteiger partial charge on any atom is -0.445 e. The zero-order chi connectivity index (χ0) is 18.4. The molecule has 1 aliphatic heterocycles. The fourth-order valence-electron chi connectivity index (χ4n) is 3.12. The van der Waals surface area contributed by atoms with Crippen LogP contribution in [0.5, 0.6) is 0 Å². The van der Waals surface area contributed by atoms with Crippen LogP contribution in [0.3, 0.4) is 0 Å². The largest absolute Gasteiger partial charge is 0.445 e. The van der Waals surface area contributed by atoms with Gasteiger partial charge in [0.2, 0.25) is 0 Å². The van der Waals surface area contributed by atoms with E-state index in [1.807, 2.05) is 18.2 Å². The van der Waals surface area contributed by atoms with Crippen molar-refractivity contribution in [2.75, 3.05) is 18.0 Å². The van der Waals surface area contributed by atoms with Gasteiger partial charge >= 0.3 is 6.09 Å². The Labute approximate surface area is 151 Å². The first-order valence-corrected chi connectivity index (χ1v) is 8.59. The van der Waals surface area contributed by atoms with E-state index in [9.17, 15) is 14.9 Å². The van der Waals surface area contributed by atoms with Gasteiger partial charge in [-0.2, -0.15) is 0 Å². The molecule has 1 heterocycles. The number of alkyl carbamates (subject to hydrolysis) is 1. The van der Waals surface area contributed by atoms with Gasteiger partial charge in [0.05, 0.1) is 4.92 Å². The summed E-state index contributed by atoms with van der Waals surface area (Å²) >= 11 is 0. The molecule has 0 radical (unpaired) electrons. The normalized spacial score (nSPS) is 16.3. The van der Waals surface area contributed by atoms with Gasteiger partial charge in [-0.05, 0) is 42.7 Å². The molecule has 136 valence electrons. The highest BCUT2D eigenvalue weighted by Gasteiger charge is 2.25. The molecule has 2 aromatic rings. The number of non-ortho nitro benzene ring substituents is 1. The van der Waals surface area contributed by atoms with Crippen molar-refractivity contribution in [3.8, 4) is 0 Å². The van der Waals surface area contributed by atoms with E-state index >= 15 is 0 Å². The van der Waals surface area contributed by atoms with E-state index in [4.69, 9.17) is 4.74 Å². The lowest BCUT2D eigenvalue weighted by molar-refractivity contribution is -0.384. The van der Waals surface area contributed by atoms with Crippen LogP contribution < -0.4 is 10.2 Å². The van der Waals surface area contributed by atoms with Crippen LogP contribution in [0.1, 0.15) is 18.4 Å². The van der Waals surface area contributed by atoms with Crippen molar-refractivity contribution in [3.05, 3.63) is 70.3 Å². The first-order valence-electron chi connectivity index (χ1n) is 8.59. The number of carbonyl (C=O) groups excluding carboxylic acids is 1. The van der Waals surface area contributed by atoms with Gasteiger partial charge in [0.25, 0.3) is 5.69 Å². The van der Waals surface area contributed by atoms with E-state index in [1.54, 1.807) is 12.1 Å². The molecule has 1 unspecified atom stereocenters. The van der Waals surface area contributed by atoms with Gasteiger partial charge in [-0.25, -0.2) is 4.79 Å². The maximum absolute atomic E-state index is 11.9. The monoisotopic (exact) mass is 355 g/mol. The molecule has 0 spiro atoms. The molecule has 3 rings (SSSR count). The molecule has 0 bridgehead atoms. The summed E-state index contributed by atoms with van der Waals surface area (Å²) in [7, 11) is 0. The lowest BCUT2D eigenvalue weighted by atomic mass is 10.2. The molecule has 1 amide bonds. The molecule has 1 N–H and O–H groups in total. The Morgan fingerprint density at radius 2 is 1.92 bits per heavy atom. The van der Waals surface area contributed by atoms with E-state index in [0.29, 0.717) is 12.1 Å². The zero-order valence-corrected chi connectivity index (χ0v) is 14.3. The first kappa shape index (κ1) is 17.7. The van der Waals surface area contributed by atoms with Gasteiger partial charge in [0, 0.05) is 37.0 Å². The number of benzene rings is 2. The number of ether oxygens (including phenoxy) is 1. The Morgan fingerprint density at radius 1 is 1.19 bits per heavy atom. The van der Waals surface area contributed by atoms with Crippen molar-refractivity contribution in [2.45, 2.75) is 25.5 Å². The maximum Gasteiger partial charge on any atom is 0.407 e. The highest BCUT2D eigenvalue weighted by Crippen LogP contribution is 2.24. The molecule has 0 aliphatic carbocycles. The summed E-state index contributed by atoms with van der Waals surface area (Å²) in [5, 5.41) is 13.4. The number of hydrogen-bond donors (Lipinski definition) is 1. The molecule has 2 aromatic carbocycles. The molecule has 0 aromatic heterocycles. The quantitative estimate of drug-likeness (QED) is 0.633. The van der Waals surface area contributed by atoms with Crippen molar-refractivity contribution in [2.24, 2.45) is 0 Å². The molecule has 1 aliphatic rings. The molecule has 26 heavy (non-hydrogen) atoms. The molecular formula is C19H21N3O4. The summed E-state index contributed by atoms with van der Waals surface area (Å²) in [5.74, 6) is 0. The van der Waals surface area contributed by atoms with E-state index in [-0.39, 0.29) is 18.3 Å². The Morgan fingerprint density at radius 3 is 2.62 bits per heavy atom. The predicted octanol–water partition coefficient (Wildman–Crippen LogP) is 3.49. The summed E-state index contributed by atoms with van der Waals surface area (Å²) in [6.45, 7) is 1.58. The second-order valence-electron chi connectivity index (χ2n) is 6.21. The molecule has 1 atom stereocenters. The number of nitrogens with zero attached hydrogens (tertiary/aromatic N) is 2. The van der Waals surface area contributed by atoms with Crippen molar-refractivity contribution in [1.29, 1.82) is 0 Å². The minimum atomic E-state index is -0.483. The van der Waals surface area contributed by atoms with Crippen LogP contribution in [-0.4, -0.2) is 30.1 Å². The summed E-state index contributed by atoms with van der Waals surface area (Å²) in [6, 6.07) is 16.4. The number of hydrogen-bond acceptors (Lipinski definition) is 5. The van der Waals surface area contributed by atoms with E-state index in [1.165, 1.54) is 12.1 Å². The smallest absolute Gasteiger partial charge is 0.407 e. The molecule has 7 heteroatoms. The van der Waals surface area contributed by atoms with Crippen LogP contribution in [0.25, 0.3) is 0 Å². The fraction of sp³-hybridized carbons (Fsp3) is 0.316. The number of carbonyl (C=O) groups is 1. The summed E-state index contributed by atoms with van der Waals surface area (Å²) < 4.78 is 5.19. The number of nitrogens with one attached hydrogen (secondary N) is 1. The Hall–Kier alpha value is -3.09. The SMILES string of the molecule is O=C(NCC1CCCN1c1ccccc1)OCc1ccc([N+](=O)[O-])cc1. The van der Waals surface area contributed by atoms with E-state index < -0.39 is 11.0 Å². The lowest BCUT2D eigenvalue weighted by Gasteiger charge is -2.26. The van der Waals surface area contributed by atoms with Gasteiger partial charge < -0.3 is 15.0 Å². The van der Waals surface area contributed by atoms with Crippen LogP contribution in [-0.2, 0) is 11.3 Å². The number of anilines is 1. The topological polar surface area (TPSA) is 84.7 Å². The van der Waals surface area contributed by atoms with Gasteiger partial charge in [-0.15, -0.1) is 0 Å². The highest BCUT2D eigenvalue weighted by molar-refractivity contribution is 5.67. The predicted molar refractivity (Wildman–Crippen MR) is 98.1 cm³/mol. The van der Waals surface area contributed by atoms with Crippen LogP contribution in [0.15, 0.2) is 54.6 Å². The third kappa shape index (κ3) is 4.50. The lowest BCUT2D eigenvalue weighted by Crippen LogP contribution is -2.40. The van der Waals surface area contributed by atoms with Gasteiger partial charge in [0.1, 0.15) is 6.61 Å². The Bertz CT molecular complexity index is 749. The van der Waals surface area contributed by atoms with Crippen molar-refractivity contribution >= 4 is 17.5 Å². The molecule has 1 fully saturated rings. The average molecular weight is 355 g/mol. The van der Waals surface area contributed by atoms with Gasteiger partial charge in [-0.3, -0.25) is 10.1 Å². The molecule has 7 nitrogen and oxygen atoms in total. The van der Waals surface area contributed by atoms with Crippen LogP contribution >= 0.6 is 0 Å². The Kier molecular flexibility index (Phi) is 5.68. The van der Waals surface area contributed by atoms with Crippen molar-refractivity contribution in [3.63, 3.8) is 0 Å². The standard InChI is InChI=1S/C19H21N3O4/c23-19(26-14-15-8-10-17(11-9-15)22(24)25)20-13-18-7-4-12-21(18)16-5-2-1-3-6-16/h1-3,5-6,8-11,18H,4,7,12-14H2,(H,20,23). The molecular weight excluding hydrogens is 334 g/mol. The maximum atomic E-state index is 11.9. The number of para-hydroxylation sites is 1. The molecule has 1 saturated heterocycles. The van der Waals surface area contributed by atoms with E-state index in [0.717, 1.165) is 25.1 Å². The van der Waals surface area contributed by atoms with E-state index in [2.05, 4.69) is 22.3 Å². The summed E-state index contributed by atoms with van der Waals surface area (Å²) in [4.78, 5) is 24.4. The summed E-state index contributed by atoms with van der Waals surface area (Å²) in [6.07, 6.45) is 1.64. The Balaban J connectivity index is 1.45. The third-order valence-corrected chi connectivity index (χ3v) is 4.46. The van der Waals surface area contributed by atoms with Crippen molar-refractivity contribution < 1.29 is 14.5 Å². The van der Waals surface area contributed by atoms with Gasteiger partial charge in [-0.1, -0.05) is 18.2 Å². The average Bonchev–Trinajstić information content (AvgIpc) is 3.14. The minimum absolute atomic E-state index is 0.0143. The third-order valence-electron chi connectivity index (χ3n) is 4.46. The fourth-order valence-corrected chi connectivity index (χ4v) is 3.12.